The number of aryl methyl sites for hydroxylation is 2. The summed E-state index contributed by atoms with van der Waals surface area (Å²) >= 11 is 0. The maximum atomic E-state index is 15.1. The number of H-pyrrole nitrogens is 2. The van der Waals surface area contributed by atoms with Crippen molar-refractivity contribution in [3.05, 3.63) is 139 Å². The highest BCUT2D eigenvalue weighted by Crippen LogP contribution is 2.31. The van der Waals surface area contributed by atoms with Gasteiger partial charge in [-0.05, 0) is 67.4 Å². The van der Waals surface area contributed by atoms with E-state index in [1.807, 2.05) is 50.5 Å². The highest BCUT2D eigenvalue weighted by molar-refractivity contribution is 6.03. The van der Waals surface area contributed by atoms with Crippen LogP contribution in [0.25, 0.3) is 44.6 Å². The lowest BCUT2D eigenvalue weighted by molar-refractivity contribution is 0.251. The zero-order valence-corrected chi connectivity index (χ0v) is 32.4. The third-order valence-electron chi connectivity index (χ3n) is 9.86. The lowest BCUT2D eigenvalue weighted by Gasteiger charge is -2.25. The molecule has 8 rings (SSSR count). The van der Waals surface area contributed by atoms with Crippen LogP contribution >= 0.6 is 0 Å². The molecular formula is C44H38F2N10O4. The van der Waals surface area contributed by atoms with Gasteiger partial charge in [0.2, 0.25) is 0 Å². The van der Waals surface area contributed by atoms with Crippen LogP contribution < -0.4 is 25.2 Å². The maximum Gasteiger partial charge on any atom is 0.326 e. The molecule has 302 valence electrons. The lowest BCUT2D eigenvalue weighted by Crippen LogP contribution is -2.38. The molecule has 0 saturated carbocycles. The summed E-state index contributed by atoms with van der Waals surface area (Å²) in [7, 11) is 0. The summed E-state index contributed by atoms with van der Waals surface area (Å²) in [5.74, 6) is -1.30. The number of amides is 4. The Bertz CT molecular complexity index is 2830. The summed E-state index contributed by atoms with van der Waals surface area (Å²) in [6, 6.07) is 22.4. The highest BCUT2D eigenvalue weighted by Gasteiger charge is 2.22. The van der Waals surface area contributed by atoms with Gasteiger partial charge in [0.25, 0.3) is 0 Å². The predicted molar refractivity (Wildman–Crippen MR) is 226 cm³/mol. The molecule has 60 heavy (non-hydrogen) atoms. The number of carbonyl (C=O) groups is 2. The van der Waals surface area contributed by atoms with Gasteiger partial charge in [-0.15, -0.1) is 0 Å². The number of para-hydroxylation sites is 1. The largest absolute Gasteiger partial charge is 0.492 e. The highest BCUT2D eigenvalue weighted by atomic mass is 19.1. The Morgan fingerprint density at radius 3 is 1.80 bits per heavy atom. The number of anilines is 4. The van der Waals surface area contributed by atoms with Gasteiger partial charge in [0.15, 0.2) is 0 Å². The van der Waals surface area contributed by atoms with E-state index < -0.39 is 30.3 Å². The second-order valence-corrected chi connectivity index (χ2v) is 13.8. The molecule has 5 N–H and O–H groups in total. The summed E-state index contributed by atoms with van der Waals surface area (Å²) in [4.78, 5) is 53.4. The second-order valence-electron chi connectivity index (χ2n) is 13.8. The molecular weight excluding hydrogens is 771 g/mol. The molecule has 0 aliphatic heterocycles. The van der Waals surface area contributed by atoms with Gasteiger partial charge in [-0.3, -0.25) is 9.80 Å². The quantitative estimate of drug-likeness (QED) is 0.0815. The molecule has 4 aromatic heterocycles. The topological polar surface area (TPSA) is 177 Å². The summed E-state index contributed by atoms with van der Waals surface area (Å²) < 4.78 is 36.1. The Kier molecular flexibility index (Phi) is 11.1. The van der Waals surface area contributed by atoms with Gasteiger partial charge in [-0.25, -0.2) is 38.3 Å². The number of aromatic nitrogens is 6. The van der Waals surface area contributed by atoms with Crippen LogP contribution in [0.3, 0.4) is 0 Å². The molecule has 0 atom stereocenters. The Hall–Kier alpha value is -7.72. The van der Waals surface area contributed by atoms with Gasteiger partial charge in [0, 0.05) is 57.8 Å². The SMILES string of the molecule is Cc1c[nH]c2ncnc(-c3ccc(NC(=O)N(CCO)c4cc(F)cc(OCCN(C(=O)Nc5ccc(-c6ncnc7[nH]cc(C)c67)cc5)c5ccccc5F)c4)cc3)c12. The number of benzene rings is 4. The van der Waals surface area contributed by atoms with E-state index in [1.165, 1.54) is 46.7 Å². The van der Waals surface area contributed by atoms with Gasteiger partial charge < -0.3 is 30.4 Å². The molecule has 14 nitrogen and oxygen atoms in total. The Balaban J connectivity index is 0.948. The number of carbonyl (C=O) groups excluding carboxylic acids is 2. The predicted octanol–water partition coefficient (Wildman–Crippen LogP) is 8.61. The summed E-state index contributed by atoms with van der Waals surface area (Å²) in [5, 5.41) is 17.3. The number of nitrogens with one attached hydrogen (secondary N) is 4. The molecule has 16 heteroatoms. The molecule has 0 spiro atoms. The van der Waals surface area contributed by atoms with Crippen LogP contribution in [0.4, 0.5) is 41.1 Å². The molecule has 8 aromatic rings. The van der Waals surface area contributed by atoms with E-state index >= 15 is 8.78 Å². The van der Waals surface area contributed by atoms with E-state index in [9.17, 15) is 14.7 Å². The van der Waals surface area contributed by atoms with Crippen molar-refractivity contribution in [3.8, 4) is 28.3 Å². The van der Waals surface area contributed by atoms with Crippen molar-refractivity contribution >= 4 is 56.9 Å². The van der Waals surface area contributed by atoms with Crippen LogP contribution in [-0.4, -0.2) is 73.4 Å². The van der Waals surface area contributed by atoms with Gasteiger partial charge in [-0.1, -0.05) is 36.4 Å². The Morgan fingerprint density at radius 1 is 0.700 bits per heavy atom. The normalized spacial score (nSPS) is 11.2. The van der Waals surface area contributed by atoms with Crippen molar-refractivity contribution < 1.29 is 28.2 Å². The van der Waals surface area contributed by atoms with Gasteiger partial charge in [-0.2, -0.15) is 0 Å². The number of hydrogen-bond donors (Lipinski definition) is 5. The van der Waals surface area contributed by atoms with Gasteiger partial charge in [0.1, 0.15) is 47.9 Å². The number of aliphatic hydroxyl groups is 1. The Morgan fingerprint density at radius 2 is 1.25 bits per heavy atom. The smallest absolute Gasteiger partial charge is 0.326 e. The van der Waals surface area contributed by atoms with E-state index in [0.29, 0.717) is 22.7 Å². The number of rotatable bonds is 12. The number of nitrogens with zero attached hydrogens (tertiary/aromatic N) is 6. The number of aromatic amines is 2. The molecule has 0 bridgehead atoms. The van der Waals surface area contributed by atoms with Crippen molar-refractivity contribution in [3.63, 3.8) is 0 Å². The fourth-order valence-corrected chi connectivity index (χ4v) is 6.97. The monoisotopic (exact) mass is 808 g/mol. The number of aliphatic hydroxyl groups excluding tert-OH is 1. The first kappa shape index (κ1) is 39.1. The Labute approximate surface area is 341 Å². The van der Waals surface area contributed by atoms with Gasteiger partial charge >= 0.3 is 12.1 Å². The first-order valence-corrected chi connectivity index (χ1v) is 18.9. The summed E-state index contributed by atoms with van der Waals surface area (Å²) in [5.41, 5.74) is 7.55. The van der Waals surface area contributed by atoms with E-state index in [0.717, 1.165) is 56.5 Å². The third kappa shape index (κ3) is 8.17. The van der Waals surface area contributed by atoms with E-state index in [1.54, 1.807) is 30.3 Å². The molecule has 0 radical (unpaired) electrons. The van der Waals surface area contributed by atoms with Crippen LogP contribution in [0, 0.1) is 25.5 Å². The van der Waals surface area contributed by atoms with E-state index in [4.69, 9.17) is 4.74 Å². The fraction of sp³-hybridized carbons (Fsp3) is 0.136. The number of fused-ring (bicyclic) bond motifs is 2. The van der Waals surface area contributed by atoms with Crippen LogP contribution in [0.1, 0.15) is 11.1 Å². The second kappa shape index (κ2) is 17.0. The van der Waals surface area contributed by atoms with E-state index in [-0.39, 0.29) is 36.8 Å². The van der Waals surface area contributed by atoms with Crippen molar-refractivity contribution in [2.75, 3.05) is 46.7 Å². The van der Waals surface area contributed by atoms with Crippen LogP contribution in [0.15, 0.2) is 116 Å². The maximum absolute atomic E-state index is 15.1. The molecule has 0 saturated heterocycles. The minimum Gasteiger partial charge on any atom is -0.492 e. The zero-order valence-electron chi connectivity index (χ0n) is 32.4. The fourth-order valence-electron chi connectivity index (χ4n) is 6.97. The lowest BCUT2D eigenvalue weighted by atomic mass is 10.1. The molecule has 0 unspecified atom stereocenters. The minimum atomic E-state index is -0.708. The first-order valence-electron chi connectivity index (χ1n) is 18.9. The number of ether oxygens (including phenoxy) is 1. The standard InChI is InChI=1S/C44H38F2N10O4/c1-26-22-47-41-37(26)39(49-24-51-41)28-7-11-31(12-8-28)53-43(58)55(15-17-57)33-19-30(45)20-34(21-33)60-18-16-56(36-6-4-3-5-35(36)46)44(59)54-32-13-9-29(10-14-32)40-38-27(2)23-48-42(38)52-25-50-40/h3-14,19-25,57H,15-18H2,1-2H3,(H,53,58)(H,54,59)(H,47,49,51)(H,48,50,52). The summed E-state index contributed by atoms with van der Waals surface area (Å²) in [6.45, 7) is 3.04. The van der Waals surface area contributed by atoms with Crippen LogP contribution in [0.5, 0.6) is 5.75 Å². The van der Waals surface area contributed by atoms with Crippen LogP contribution in [0.2, 0.25) is 0 Å². The number of hydrogen-bond acceptors (Lipinski definition) is 8. The molecule has 4 aromatic carbocycles. The van der Waals surface area contributed by atoms with E-state index in [2.05, 4.69) is 40.5 Å². The number of urea groups is 2. The van der Waals surface area contributed by atoms with Crippen molar-refractivity contribution in [2.24, 2.45) is 0 Å². The van der Waals surface area contributed by atoms with Crippen molar-refractivity contribution in [1.82, 2.24) is 29.9 Å². The molecule has 0 fully saturated rings. The molecule has 0 aliphatic carbocycles. The zero-order chi connectivity index (χ0) is 41.8. The molecule has 4 amide bonds. The minimum absolute atomic E-state index is 0.00481. The third-order valence-corrected chi connectivity index (χ3v) is 9.86. The average molecular weight is 809 g/mol. The number of halogens is 2. The summed E-state index contributed by atoms with van der Waals surface area (Å²) in [6.07, 6.45) is 6.69. The molecule has 0 aliphatic rings. The average Bonchev–Trinajstić information content (AvgIpc) is 3.84. The van der Waals surface area contributed by atoms with Gasteiger partial charge in [0.05, 0.1) is 42.5 Å². The van der Waals surface area contributed by atoms with Crippen LogP contribution in [-0.2, 0) is 0 Å². The first-order chi connectivity index (χ1) is 29.2. The van der Waals surface area contributed by atoms with Crippen molar-refractivity contribution in [2.45, 2.75) is 13.8 Å². The molecule has 4 heterocycles. The van der Waals surface area contributed by atoms with Crippen molar-refractivity contribution in [1.29, 1.82) is 0 Å².